The van der Waals surface area contributed by atoms with Crippen LogP contribution in [0.2, 0.25) is 0 Å². The summed E-state index contributed by atoms with van der Waals surface area (Å²) in [4.78, 5) is 4.79. The molecular weight excluding hydrogens is 268 g/mol. The number of fused-ring (bicyclic) bond motifs is 1. The summed E-state index contributed by atoms with van der Waals surface area (Å²) in [7, 11) is 0. The van der Waals surface area contributed by atoms with Gasteiger partial charge in [0.15, 0.2) is 0 Å². The third-order valence-electron chi connectivity index (χ3n) is 4.70. The first kappa shape index (κ1) is 13.9. The maximum atomic E-state index is 6.41. The molecule has 1 aliphatic rings. The van der Waals surface area contributed by atoms with Crippen LogP contribution in [0.1, 0.15) is 63.2 Å². The lowest BCUT2D eigenvalue weighted by molar-refractivity contribution is 0.233. The van der Waals surface area contributed by atoms with Crippen molar-refractivity contribution in [1.82, 2.24) is 9.55 Å². The number of hydrogen-bond acceptors (Lipinski definition) is 1. The molecule has 3 unspecified atom stereocenters. The Morgan fingerprint density at radius 3 is 2.80 bits per heavy atom. The van der Waals surface area contributed by atoms with Crippen LogP contribution >= 0.6 is 11.6 Å². The van der Waals surface area contributed by atoms with Crippen molar-refractivity contribution in [3.05, 3.63) is 30.1 Å². The SMILES string of the molecule is CCC1CCCCC1n1c(C(C)Cl)nc2ccccc21. The Hall–Kier alpha value is -1.02. The molecule has 3 heteroatoms. The Bertz CT molecular complexity index is 588. The van der Waals surface area contributed by atoms with Gasteiger partial charge in [0.05, 0.1) is 16.4 Å². The van der Waals surface area contributed by atoms with Crippen LogP contribution in [0.5, 0.6) is 0 Å². The maximum Gasteiger partial charge on any atom is 0.127 e. The van der Waals surface area contributed by atoms with E-state index in [2.05, 4.69) is 35.8 Å². The van der Waals surface area contributed by atoms with E-state index in [0.717, 1.165) is 17.3 Å². The number of benzene rings is 1. The highest BCUT2D eigenvalue weighted by Gasteiger charge is 2.29. The van der Waals surface area contributed by atoms with Crippen molar-refractivity contribution in [3.8, 4) is 0 Å². The van der Waals surface area contributed by atoms with E-state index in [4.69, 9.17) is 16.6 Å². The van der Waals surface area contributed by atoms with Gasteiger partial charge < -0.3 is 4.57 Å². The van der Waals surface area contributed by atoms with Gasteiger partial charge in [-0.25, -0.2) is 4.98 Å². The van der Waals surface area contributed by atoms with Crippen LogP contribution in [-0.4, -0.2) is 9.55 Å². The zero-order valence-corrected chi connectivity index (χ0v) is 13.1. The lowest BCUT2D eigenvalue weighted by Gasteiger charge is -2.33. The summed E-state index contributed by atoms with van der Waals surface area (Å²) in [6.45, 7) is 4.34. The average Bonchev–Trinajstić information content (AvgIpc) is 2.86. The summed E-state index contributed by atoms with van der Waals surface area (Å²) in [5.41, 5.74) is 2.33. The number of para-hydroxylation sites is 2. The van der Waals surface area contributed by atoms with Crippen molar-refractivity contribution in [2.45, 2.75) is 57.4 Å². The number of aromatic nitrogens is 2. The molecule has 0 N–H and O–H groups in total. The van der Waals surface area contributed by atoms with Crippen molar-refractivity contribution in [2.75, 3.05) is 0 Å². The highest BCUT2D eigenvalue weighted by atomic mass is 35.5. The topological polar surface area (TPSA) is 17.8 Å². The van der Waals surface area contributed by atoms with Crippen LogP contribution < -0.4 is 0 Å². The Morgan fingerprint density at radius 1 is 1.30 bits per heavy atom. The Kier molecular flexibility index (Phi) is 4.02. The van der Waals surface area contributed by atoms with Crippen LogP contribution in [0.15, 0.2) is 24.3 Å². The van der Waals surface area contributed by atoms with Crippen molar-refractivity contribution >= 4 is 22.6 Å². The molecule has 2 aromatic rings. The molecule has 3 atom stereocenters. The minimum Gasteiger partial charge on any atom is -0.323 e. The fourth-order valence-electron chi connectivity index (χ4n) is 3.70. The summed E-state index contributed by atoms with van der Waals surface area (Å²) in [6, 6.07) is 9.01. The molecule has 1 saturated carbocycles. The predicted octanol–water partition coefficient (Wildman–Crippen LogP) is 5.48. The van der Waals surface area contributed by atoms with Crippen molar-refractivity contribution in [1.29, 1.82) is 0 Å². The molecule has 2 nitrogen and oxygen atoms in total. The molecule has 0 bridgehead atoms. The molecule has 1 fully saturated rings. The minimum absolute atomic E-state index is 0.0400. The van der Waals surface area contributed by atoms with Crippen molar-refractivity contribution < 1.29 is 0 Å². The Labute approximate surface area is 126 Å². The summed E-state index contributed by atoms with van der Waals surface area (Å²) >= 11 is 6.41. The number of rotatable bonds is 3. The van der Waals surface area contributed by atoms with E-state index in [9.17, 15) is 0 Å². The largest absolute Gasteiger partial charge is 0.323 e. The van der Waals surface area contributed by atoms with Crippen molar-refractivity contribution in [2.24, 2.45) is 5.92 Å². The second-order valence-electron chi connectivity index (χ2n) is 5.96. The van der Waals surface area contributed by atoms with E-state index in [1.165, 1.54) is 37.6 Å². The summed E-state index contributed by atoms with van der Waals surface area (Å²) in [5, 5.41) is -0.0400. The van der Waals surface area contributed by atoms with Gasteiger partial charge in [-0.2, -0.15) is 0 Å². The molecule has 20 heavy (non-hydrogen) atoms. The van der Waals surface area contributed by atoms with Gasteiger partial charge in [0.25, 0.3) is 0 Å². The predicted molar refractivity (Wildman–Crippen MR) is 85.3 cm³/mol. The van der Waals surface area contributed by atoms with E-state index < -0.39 is 0 Å². The molecule has 3 rings (SSSR count). The number of hydrogen-bond donors (Lipinski definition) is 0. The zero-order chi connectivity index (χ0) is 14.1. The van der Waals surface area contributed by atoms with Gasteiger partial charge in [0.1, 0.15) is 5.82 Å². The first-order valence-corrected chi connectivity index (χ1v) is 8.27. The maximum absolute atomic E-state index is 6.41. The zero-order valence-electron chi connectivity index (χ0n) is 12.3. The number of halogens is 1. The molecule has 0 spiro atoms. The molecule has 0 radical (unpaired) electrons. The number of imidazole rings is 1. The number of alkyl halides is 1. The lowest BCUT2D eigenvalue weighted by atomic mass is 9.82. The smallest absolute Gasteiger partial charge is 0.127 e. The van der Waals surface area contributed by atoms with E-state index in [0.29, 0.717) is 6.04 Å². The van der Waals surface area contributed by atoms with Gasteiger partial charge in [0.2, 0.25) is 0 Å². The average molecular weight is 291 g/mol. The normalized spacial score (nSPS) is 24.9. The van der Waals surface area contributed by atoms with Crippen LogP contribution in [0.25, 0.3) is 11.0 Å². The van der Waals surface area contributed by atoms with Crippen LogP contribution in [-0.2, 0) is 0 Å². The standard InChI is InChI=1S/C17H23ClN2/c1-3-13-8-4-6-10-15(13)20-16-11-7-5-9-14(16)19-17(20)12(2)18/h5,7,9,11-13,15H,3-4,6,8,10H2,1-2H3. The summed E-state index contributed by atoms with van der Waals surface area (Å²) < 4.78 is 2.44. The highest BCUT2D eigenvalue weighted by molar-refractivity contribution is 6.20. The fraction of sp³-hybridized carbons (Fsp3) is 0.588. The van der Waals surface area contributed by atoms with Gasteiger partial charge in [0, 0.05) is 6.04 Å². The van der Waals surface area contributed by atoms with Gasteiger partial charge >= 0.3 is 0 Å². The highest BCUT2D eigenvalue weighted by Crippen LogP contribution is 2.40. The molecular formula is C17H23ClN2. The number of nitrogens with zero attached hydrogens (tertiary/aromatic N) is 2. The fourth-order valence-corrected chi connectivity index (χ4v) is 3.85. The van der Waals surface area contributed by atoms with Crippen LogP contribution in [0.3, 0.4) is 0 Å². The third kappa shape index (κ3) is 2.35. The summed E-state index contributed by atoms with van der Waals surface area (Å²) in [5.74, 6) is 1.80. The van der Waals surface area contributed by atoms with E-state index in [-0.39, 0.29) is 5.38 Å². The van der Waals surface area contributed by atoms with E-state index in [1.807, 2.05) is 6.92 Å². The molecule has 0 saturated heterocycles. The minimum atomic E-state index is -0.0400. The van der Waals surface area contributed by atoms with Gasteiger partial charge in [-0.05, 0) is 37.8 Å². The monoisotopic (exact) mass is 290 g/mol. The third-order valence-corrected chi connectivity index (χ3v) is 4.90. The molecule has 108 valence electrons. The van der Waals surface area contributed by atoms with Crippen molar-refractivity contribution in [3.63, 3.8) is 0 Å². The van der Waals surface area contributed by atoms with Crippen LogP contribution in [0.4, 0.5) is 0 Å². The second kappa shape index (κ2) is 5.77. The van der Waals surface area contributed by atoms with Gasteiger partial charge in [-0.3, -0.25) is 0 Å². The molecule has 1 aliphatic carbocycles. The van der Waals surface area contributed by atoms with Crippen LogP contribution in [0, 0.1) is 5.92 Å². The van der Waals surface area contributed by atoms with E-state index in [1.54, 1.807) is 0 Å². The first-order chi connectivity index (χ1) is 9.72. The lowest BCUT2D eigenvalue weighted by Crippen LogP contribution is -2.24. The molecule has 1 aromatic heterocycles. The quantitative estimate of drug-likeness (QED) is 0.685. The summed E-state index contributed by atoms with van der Waals surface area (Å²) in [6.07, 6.45) is 6.53. The molecule has 0 amide bonds. The molecule has 1 aromatic carbocycles. The molecule has 1 heterocycles. The first-order valence-electron chi connectivity index (χ1n) is 7.83. The Balaban J connectivity index is 2.14. The second-order valence-corrected chi connectivity index (χ2v) is 6.62. The molecule has 0 aliphatic heterocycles. The van der Waals surface area contributed by atoms with Gasteiger partial charge in [-0.1, -0.05) is 38.3 Å². The Morgan fingerprint density at radius 2 is 2.05 bits per heavy atom. The van der Waals surface area contributed by atoms with Gasteiger partial charge in [-0.15, -0.1) is 11.6 Å². The van der Waals surface area contributed by atoms with E-state index >= 15 is 0 Å².